The molecule has 0 saturated carbocycles. The molecule has 0 spiro atoms. The number of hydrogen-bond donors (Lipinski definition) is 3. The molecule has 0 heterocycles. The number of aliphatic hydroxyl groups is 1. The summed E-state index contributed by atoms with van der Waals surface area (Å²) in [4.78, 5) is 14.2. The Morgan fingerprint density at radius 1 is 1.67 bits per heavy atom. The molecular weight excluding hydrogens is 166 g/mol. The number of rotatable bonds is 1. The molecule has 1 unspecified atom stereocenters. The predicted octanol–water partition coefficient (Wildman–Crippen LogP) is 0.234. The first-order valence-electron chi connectivity index (χ1n) is 2.09. The summed E-state index contributed by atoms with van der Waals surface area (Å²) in [5, 5.41) is 8.23. The van der Waals surface area contributed by atoms with E-state index in [0.717, 1.165) is 0 Å². The third-order valence-electron chi connectivity index (χ3n) is 0.223. The molecule has 0 aromatic rings. The van der Waals surface area contributed by atoms with Crippen LogP contribution < -0.4 is 0 Å². The van der Waals surface area contributed by atoms with Crippen LogP contribution >= 0.6 is 19.9 Å². The molecule has 6 heteroatoms. The summed E-state index contributed by atoms with van der Waals surface area (Å²) in [6, 6.07) is 0. The molecule has 3 N–H and O–H groups in total. The molecular formula is C3H9ClO4P+. The van der Waals surface area contributed by atoms with Gasteiger partial charge in [-0.15, -0.1) is 21.4 Å². The van der Waals surface area contributed by atoms with Gasteiger partial charge < -0.3 is 5.11 Å². The summed E-state index contributed by atoms with van der Waals surface area (Å²) >= 11 is 5.09. The van der Waals surface area contributed by atoms with Crippen LogP contribution in [-0.4, -0.2) is 26.9 Å². The van der Waals surface area contributed by atoms with Gasteiger partial charge in [0.05, 0.1) is 6.10 Å². The lowest BCUT2D eigenvalue weighted by Gasteiger charge is -1.88. The summed E-state index contributed by atoms with van der Waals surface area (Å²) in [6.45, 7) is 1.65. The maximum atomic E-state index is 8.70. The van der Waals surface area contributed by atoms with E-state index in [1.165, 1.54) is 0 Å². The lowest BCUT2D eigenvalue weighted by molar-refractivity contribution is 0.219. The van der Waals surface area contributed by atoms with E-state index in [1.807, 2.05) is 0 Å². The average Bonchev–Trinajstić information content (AvgIpc) is 1.65. The molecule has 0 rings (SSSR count). The molecule has 0 radical (unpaired) electrons. The van der Waals surface area contributed by atoms with Crippen molar-refractivity contribution >= 4 is 19.9 Å². The quantitative estimate of drug-likeness (QED) is 0.394. The predicted molar refractivity (Wildman–Crippen MR) is 34.4 cm³/mol. The lowest BCUT2D eigenvalue weighted by atomic mass is 10.5. The van der Waals surface area contributed by atoms with Crippen LogP contribution in [0.15, 0.2) is 0 Å². The van der Waals surface area contributed by atoms with E-state index in [-0.39, 0.29) is 6.10 Å². The van der Waals surface area contributed by atoms with Gasteiger partial charge in [-0.2, -0.15) is 0 Å². The van der Waals surface area contributed by atoms with Gasteiger partial charge in [-0.05, 0) is 6.92 Å². The van der Waals surface area contributed by atoms with Crippen molar-refractivity contribution in [3.05, 3.63) is 0 Å². The molecule has 0 aromatic heterocycles. The van der Waals surface area contributed by atoms with Crippen LogP contribution in [0.2, 0.25) is 0 Å². The normalized spacial score (nSPS) is 11.2. The zero-order valence-corrected chi connectivity index (χ0v) is 6.51. The minimum atomic E-state index is -2.87. The Labute approximate surface area is 59.0 Å². The highest BCUT2D eigenvalue weighted by Gasteiger charge is 1.93. The van der Waals surface area contributed by atoms with Gasteiger partial charge in [0.1, 0.15) is 0 Å². The topological polar surface area (TPSA) is 77.8 Å². The average molecular weight is 176 g/mol. The summed E-state index contributed by atoms with van der Waals surface area (Å²) < 4.78 is 8.70. The maximum absolute atomic E-state index is 8.70. The third-order valence-corrected chi connectivity index (χ3v) is 0.670. The van der Waals surface area contributed by atoms with Crippen LogP contribution in [0.1, 0.15) is 6.92 Å². The van der Waals surface area contributed by atoms with Gasteiger partial charge in [0, 0.05) is 10.4 Å². The van der Waals surface area contributed by atoms with E-state index in [4.69, 9.17) is 31.1 Å². The van der Waals surface area contributed by atoms with E-state index >= 15 is 0 Å². The molecule has 0 aliphatic rings. The van der Waals surface area contributed by atoms with Crippen molar-refractivity contribution in [1.82, 2.24) is 0 Å². The fraction of sp³-hybridized carbons (Fsp3) is 1.00. The molecule has 56 valence electrons. The SMILES string of the molecule is CC(O)CCl.O=[P+](O)O. The molecule has 9 heavy (non-hydrogen) atoms. The smallest absolute Gasteiger partial charge is 0.392 e. The van der Waals surface area contributed by atoms with Crippen LogP contribution in [-0.2, 0) is 4.57 Å². The van der Waals surface area contributed by atoms with Crippen LogP contribution in [0.3, 0.4) is 0 Å². The van der Waals surface area contributed by atoms with Gasteiger partial charge in [0.25, 0.3) is 0 Å². The first-order chi connectivity index (χ1) is 4.00. The fourth-order valence-corrected chi connectivity index (χ4v) is 0. The van der Waals surface area contributed by atoms with Gasteiger partial charge >= 0.3 is 8.25 Å². The fourth-order valence-electron chi connectivity index (χ4n) is 0. The van der Waals surface area contributed by atoms with Crippen LogP contribution in [0, 0.1) is 0 Å². The Balaban J connectivity index is 0. The molecule has 0 aromatic carbocycles. The van der Waals surface area contributed by atoms with E-state index < -0.39 is 8.25 Å². The van der Waals surface area contributed by atoms with Crippen LogP contribution in [0.5, 0.6) is 0 Å². The Kier molecular flexibility index (Phi) is 11.0. The monoisotopic (exact) mass is 175 g/mol. The molecule has 0 fully saturated rings. The second kappa shape index (κ2) is 8.27. The van der Waals surface area contributed by atoms with Crippen molar-refractivity contribution in [2.45, 2.75) is 13.0 Å². The van der Waals surface area contributed by atoms with Gasteiger partial charge in [0.15, 0.2) is 0 Å². The van der Waals surface area contributed by atoms with Crippen molar-refractivity contribution in [3.8, 4) is 0 Å². The lowest BCUT2D eigenvalue weighted by Crippen LogP contribution is -1.98. The first kappa shape index (κ1) is 12.0. The highest BCUT2D eigenvalue weighted by Crippen LogP contribution is 1.98. The zero-order valence-electron chi connectivity index (χ0n) is 4.86. The third kappa shape index (κ3) is 63.1. The van der Waals surface area contributed by atoms with Crippen molar-refractivity contribution in [1.29, 1.82) is 0 Å². The number of aliphatic hydroxyl groups excluding tert-OH is 1. The Bertz CT molecular complexity index is 72.2. The molecule has 0 amide bonds. The van der Waals surface area contributed by atoms with E-state index in [0.29, 0.717) is 5.88 Å². The Morgan fingerprint density at radius 3 is 1.78 bits per heavy atom. The van der Waals surface area contributed by atoms with Gasteiger partial charge in [-0.25, -0.2) is 0 Å². The molecule has 0 saturated heterocycles. The van der Waals surface area contributed by atoms with E-state index in [2.05, 4.69) is 0 Å². The van der Waals surface area contributed by atoms with E-state index in [9.17, 15) is 0 Å². The highest BCUT2D eigenvalue weighted by atomic mass is 35.5. The van der Waals surface area contributed by atoms with Gasteiger partial charge in [-0.3, -0.25) is 0 Å². The van der Waals surface area contributed by atoms with Crippen LogP contribution in [0.25, 0.3) is 0 Å². The van der Waals surface area contributed by atoms with E-state index in [1.54, 1.807) is 6.92 Å². The van der Waals surface area contributed by atoms with Gasteiger partial charge in [0.2, 0.25) is 0 Å². The minimum Gasteiger partial charge on any atom is -0.392 e. The Morgan fingerprint density at radius 2 is 1.78 bits per heavy atom. The van der Waals surface area contributed by atoms with Crippen LogP contribution in [0.4, 0.5) is 0 Å². The zero-order chi connectivity index (χ0) is 7.86. The molecule has 0 aliphatic carbocycles. The van der Waals surface area contributed by atoms with Crippen molar-refractivity contribution < 1.29 is 19.5 Å². The summed E-state index contributed by atoms with van der Waals surface area (Å²) in [5.74, 6) is 0.333. The molecule has 0 bridgehead atoms. The molecule has 0 aliphatic heterocycles. The number of hydrogen-bond acceptors (Lipinski definition) is 2. The van der Waals surface area contributed by atoms with Crippen molar-refractivity contribution in [2.75, 3.05) is 5.88 Å². The van der Waals surface area contributed by atoms with Crippen molar-refractivity contribution in [2.24, 2.45) is 0 Å². The largest absolute Gasteiger partial charge is 0.692 e. The number of halogens is 1. The van der Waals surface area contributed by atoms with Gasteiger partial charge in [-0.1, -0.05) is 0 Å². The summed E-state index contributed by atoms with van der Waals surface area (Å²) in [7, 11) is -2.87. The minimum absolute atomic E-state index is 0.333. The summed E-state index contributed by atoms with van der Waals surface area (Å²) in [6.07, 6.45) is -0.350. The van der Waals surface area contributed by atoms with Crippen molar-refractivity contribution in [3.63, 3.8) is 0 Å². The highest BCUT2D eigenvalue weighted by molar-refractivity contribution is 7.30. The summed E-state index contributed by atoms with van der Waals surface area (Å²) in [5.41, 5.74) is 0. The second-order valence-corrected chi connectivity index (χ2v) is 2.07. The molecule has 1 atom stereocenters. The Hall–Kier alpha value is 0.270. The number of alkyl halides is 1. The second-order valence-electron chi connectivity index (χ2n) is 1.26. The molecule has 4 nitrogen and oxygen atoms in total. The maximum Gasteiger partial charge on any atom is 0.692 e. The standard InChI is InChI=1S/C3H7ClO.HO3P/c1-3(5)2-4;1-4(2)3/h3,5H,2H2,1H3;(H-,1,2,3)/p+1. The first-order valence-corrected chi connectivity index (χ1v) is 3.79.